The molecule has 2 aromatic heterocycles. The molecule has 0 radical (unpaired) electrons. The van der Waals surface area contributed by atoms with E-state index in [1.165, 1.54) is 29.2 Å². The normalized spacial score (nSPS) is 14.2. The smallest absolute Gasteiger partial charge is 0.239 e. The first-order valence-electron chi connectivity index (χ1n) is 10.8. The van der Waals surface area contributed by atoms with Crippen LogP contribution in [0.5, 0.6) is 0 Å². The number of amides is 1. The third-order valence-electron chi connectivity index (χ3n) is 5.47. The van der Waals surface area contributed by atoms with Gasteiger partial charge in [-0.05, 0) is 43.5 Å². The Morgan fingerprint density at radius 1 is 1.18 bits per heavy atom. The molecule has 0 spiro atoms. The highest BCUT2D eigenvalue weighted by molar-refractivity contribution is 8.00. The lowest BCUT2D eigenvalue weighted by molar-refractivity contribution is -0.115. The van der Waals surface area contributed by atoms with Crippen LogP contribution in [0.1, 0.15) is 37.1 Å². The summed E-state index contributed by atoms with van der Waals surface area (Å²) in [5.74, 6) is -0.678. The van der Waals surface area contributed by atoms with Crippen molar-refractivity contribution in [2.24, 2.45) is 0 Å². The second-order valence-corrected chi connectivity index (χ2v) is 10.3. The number of carbonyl (C=O) groups excluding carboxylic acids is 1. The summed E-state index contributed by atoms with van der Waals surface area (Å²) in [7, 11) is 0. The number of rotatable bonds is 8. The summed E-state index contributed by atoms with van der Waals surface area (Å²) in [6, 6.07) is 13.7. The lowest BCUT2D eigenvalue weighted by atomic mass is 10.2. The number of nitrogens with zero attached hydrogens (tertiary/aromatic N) is 4. The van der Waals surface area contributed by atoms with Gasteiger partial charge in [-0.3, -0.25) is 4.79 Å². The number of nitrogens with one attached hydrogen (secondary N) is 1. The minimum Gasteiger partial charge on any atom is -0.301 e. The Morgan fingerprint density at radius 3 is 2.71 bits per heavy atom. The molecule has 1 aliphatic carbocycles. The molecule has 2 aromatic carbocycles. The second-order valence-electron chi connectivity index (χ2n) is 8.10. The van der Waals surface area contributed by atoms with Crippen molar-refractivity contribution in [2.75, 3.05) is 5.32 Å². The van der Waals surface area contributed by atoms with Crippen LogP contribution in [0.4, 0.5) is 13.9 Å². The quantitative estimate of drug-likeness (QED) is 0.315. The van der Waals surface area contributed by atoms with E-state index >= 15 is 0 Å². The predicted octanol–water partition coefficient (Wildman–Crippen LogP) is 5.72. The van der Waals surface area contributed by atoms with Crippen LogP contribution in [0.25, 0.3) is 11.3 Å². The third-order valence-corrected chi connectivity index (χ3v) is 7.31. The van der Waals surface area contributed by atoms with E-state index < -0.39 is 16.9 Å². The van der Waals surface area contributed by atoms with Crippen LogP contribution in [0.15, 0.2) is 59.1 Å². The zero-order chi connectivity index (χ0) is 23.7. The minimum absolute atomic E-state index is 0.224. The predicted molar refractivity (Wildman–Crippen MR) is 129 cm³/mol. The second kappa shape index (κ2) is 9.63. The van der Waals surface area contributed by atoms with E-state index in [2.05, 4.69) is 37.2 Å². The maximum Gasteiger partial charge on any atom is 0.239 e. The van der Waals surface area contributed by atoms with Gasteiger partial charge in [0.1, 0.15) is 5.82 Å². The van der Waals surface area contributed by atoms with E-state index in [4.69, 9.17) is 0 Å². The van der Waals surface area contributed by atoms with E-state index in [1.54, 1.807) is 5.38 Å². The summed E-state index contributed by atoms with van der Waals surface area (Å²) < 4.78 is 28.8. The Morgan fingerprint density at radius 2 is 1.97 bits per heavy atom. The Bertz CT molecular complexity index is 1320. The van der Waals surface area contributed by atoms with E-state index in [-0.39, 0.29) is 5.91 Å². The number of benzene rings is 2. The number of thiazole rings is 1. The fourth-order valence-corrected chi connectivity index (χ4v) is 5.06. The Labute approximate surface area is 203 Å². The highest BCUT2D eigenvalue weighted by atomic mass is 32.2. The number of thioether (sulfide) groups is 1. The van der Waals surface area contributed by atoms with Gasteiger partial charge < -0.3 is 9.88 Å². The molecule has 1 fully saturated rings. The number of carbonyl (C=O) groups is 1. The van der Waals surface area contributed by atoms with Crippen LogP contribution >= 0.6 is 23.1 Å². The molecule has 1 amide bonds. The molecule has 4 aromatic rings. The van der Waals surface area contributed by atoms with Gasteiger partial charge in [-0.15, -0.1) is 21.5 Å². The van der Waals surface area contributed by atoms with Crippen molar-refractivity contribution in [1.29, 1.82) is 0 Å². The largest absolute Gasteiger partial charge is 0.301 e. The van der Waals surface area contributed by atoms with E-state index in [0.717, 1.165) is 36.4 Å². The molecule has 10 heteroatoms. The first-order chi connectivity index (χ1) is 16.5. The number of hydrogen-bond acceptors (Lipinski definition) is 6. The molecule has 0 bridgehead atoms. The van der Waals surface area contributed by atoms with Crippen molar-refractivity contribution in [1.82, 2.24) is 19.7 Å². The zero-order valence-electron chi connectivity index (χ0n) is 18.2. The molecule has 6 nitrogen and oxygen atoms in total. The molecular weight excluding hydrogens is 476 g/mol. The molecule has 5 rings (SSSR count). The maximum absolute atomic E-state index is 13.5. The maximum atomic E-state index is 13.5. The summed E-state index contributed by atoms with van der Waals surface area (Å²) in [6.45, 7) is 2.46. The summed E-state index contributed by atoms with van der Waals surface area (Å²) in [5.41, 5.74) is 2.06. The molecule has 0 aliphatic heterocycles. The molecule has 0 unspecified atom stereocenters. The molecule has 1 N–H and O–H groups in total. The molecule has 1 atom stereocenters. The van der Waals surface area contributed by atoms with Crippen LogP contribution < -0.4 is 5.32 Å². The van der Waals surface area contributed by atoms with Gasteiger partial charge in [-0.25, -0.2) is 13.8 Å². The highest BCUT2D eigenvalue weighted by Crippen LogP contribution is 2.40. The number of halogens is 2. The van der Waals surface area contributed by atoms with Crippen molar-refractivity contribution in [2.45, 2.75) is 42.6 Å². The van der Waals surface area contributed by atoms with Crippen molar-refractivity contribution in [3.05, 3.63) is 76.9 Å². The number of anilines is 1. The SMILES string of the molecule is C[C@H](Sc1nnc(C2CC2)n1Cc1ccccc1)C(=O)Nc1nc(-c2ccc(F)c(F)c2)cs1. The van der Waals surface area contributed by atoms with Crippen LogP contribution in [-0.4, -0.2) is 30.9 Å². The molecule has 0 saturated heterocycles. The molecular formula is C24H21F2N5OS2. The third kappa shape index (κ3) is 5.02. The van der Waals surface area contributed by atoms with Gasteiger partial charge in [0.05, 0.1) is 17.5 Å². The van der Waals surface area contributed by atoms with E-state index in [9.17, 15) is 13.6 Å². The van der Waals surface area contributed by atoms with Gasteiger partial charge in [0.15, 0.2) is 21.9 Å². The van der Waals surface area contributed by atoms with Crippen molar-refractivity contribution in [3.63, 3.8) is 0 Å². The fourth-order valence-electron chi connectivity index (χ4n) is 3.48. The number of hydrogen-bond donors (Lipinski definition) is 1. The van der Waals surface area contributed by atoms with Gasteiger partial charge in [0.2, 0.25) is 5.91 Å². The van der Waals surface area contributed by atoms with Gasteiger partial charge in [-0.2, -0.15) is 0 Å². The summed E-state index contributed by atoms with van der Waals surface area (Å²) in [4.78, 5) is 17.2. The number of aromatic nitrogens is 4. The average Bonchev–Trinajstić information content (AvgIpc) is 3.45. The Hall–Kier alpha value is -3.11. The van der Waals surface area contributed by atoms with Crippen LogP contribution in [0.3, 0.4) is 0 Å². The summed E-state index contributed by atoms with van der Waals surface area (Å²) >= 11 is 2.58. The van der Waals surface area contributed by atoms with Gasteiger partial charge in [0.25, 0.3) is 0 Å². The van der Waals surface area contributed by atoms with Crippen LogP contribution in [0, 0.1) is 11.6 Å². The van der Waals surface area contributed by atoms with Crippen LogP contribution in [0.2, 0.25) is 0 Å². The topological polar surface area (TPSA) is 72.7 Å². The van der Waals surface area contributed by atoms with E-state index in [1.807, 2.05) is 25.1 Å². The Balaban J connectivity index is 1.28. The van der Waals surface area contributed by atoms with Crippen molar-refractivity contribution >= 4 is 34.1 Å². The average molecular weight is 498 g/mol. The lowest BCUT2D eigenvalue weighted by Crippen LogP contribution is -2.23. The summed E-state index contributed by atoms with van der Waals surface area (Å²) in [5, 5.41) is 13.9. The van der Waals surface area contributed by atoms with Gasteiger partial charge >= 0.3 is 0 Å². The standard InChI is InChI=1S/C24H21F2N5OS2/c1-14(22(32)28-23-27-20(13-33-23)17-9-10-18(25)19(26)11-17)34-24-30-29-21(16-7-8-16)31(24)12-15-5-3-2-4-6-15/h2-6,9-11,13-14,16H,7-8,12H2,1H3,(H,27,28,32)/t14-/m0/s1. The lowest BCUT2D eigenvalue weighted by Gasteiger charge is -2.13. The Kier molecular flexibility index (Phi) is 6.42. The van der Waals surface area contributed by atoms with Gasteiger partial charge in [0, 0.05) is 16.9 Å². The fraction of sp³-hybridized carbons (Fsp3) is 0.250. The molecule has 34 heavy (non-hydrogen) atoms. The van der Waals surface area contributed by atoms with Crippen molar-refractivity contribution in [3.8, 4) is 11.3 Å². The highest BCUT2D eigenvalue weighted by Gasteiger charge is 2.31. The first kappa shape index (κ1) is 22.7. The van der Waals surface area contributed by atoms with Crippen molar-refractivity contribution < 1.29 is 13.6 Å². The van der Waals surface area contributed by atoms with E-state index in [0.29, 0.717) is 34.0 Å². The summed E-state index contributed by atoms with van der Waals surface area (Å²) in [6.07, 6.45) is 2.22. The molecule has 1 saturated carbocycles. The first-order valence-corrected chi connectivity index (χ1v) is 12.6. The molecule has 2 heterocycles. The minimum atomic E-state index is -0.939. The van der Waals surface area contributed by atoms with Crippen LogP contribution in [-0.2, 0) is 11.3 Å². The monoisotopic (exact) mass is 497 g/mol. The molecule has 174 valence electrons. The molecule has 1 aliphatic rings. The van der Waals surface area contributed by atoms with Gasteiger partial charge in [-0.1, -0.05) is 42.1 Å². The zero-order valence-corrected chi connectivity index (χ0v) is 19.9.